The summed E-state index contributed by atoms with van der Waals surface area (Å²) in [5, 5.41) is 3.62. The summed E-state index contributed by atoms with van der Waals surface area (Å²) in [7, 11) is 0. The molecule has 14 heavy (non-hydrogen) atoms. The Morgan fingerprint density at radius 3 is 1.21 bits per heavy atom. The standard InChI is InChI=1S/C6H8F6N2/c7-5(8,9)3-4(6(10,11)12)14-2-1-13-3/h3-4,13-14H,1-2H2. The first-order chi connectivity index (χ1) is 6.23. The molecular weight excluding hydrogens is 214 g/mol. The van der Waals surface area contributed by atoms with Gasteiger partial charge in [-0.05, 0) is 0 Å². The molecule has 1 heterocycles. The number of nitrogens with one attached hydrogen (secondary N) is 2. The van der Waals surface area contributed by atoms with Crippen LogP contribution in [0.3, 0.4) is 0 Å². The van der Waals surface area contributed by atoms with Gasteiger partial charge < -0.3 is 10.6 Å². The van der Waals surface area contributed by atoms with E-state index in [1.54, 1.807) is 0 Å². The molecular formula is C6H8F6N2. The lowest BCUT2D eigenvalue weighted by molar-refractivity contribution is -0.222. The molecule has 0 amide bonds. The van der Waals surface area contributed by atoms with Crippen LogP contribution in [0.25, 0.3) is 0 Å². The van der Waals surface area contributed by atoms with Gasteiger partial charge in [0.2, 0.25) is 0 Å². The molecule has 2 N–H and O–H groups in total. The van der Waals surface area contributed by atoms with Gasteiger partial charge in [0, 0.05) is 13.1 Å². The average molecular weight is 222 g/mol. The van der Waals surface area contributed by atoms with Gasteiger partial charge in [0.1, 0.15) is 12.1 Å². The van der Waals surface area contributed by atoms with Crippen molar-refractivity contribution in [2.24, 2.45) is 0 Å². The number of rotatable bonds is 0. The first-order valence-corrected chi connectivity index (χ1v) is 3.83. The summed E-state index contributed by atoms with van der Waals surface area (Å²) in [5.41, 5.74) is 0. The van der Waals surface area contributed by atoms with E-state index in [1.807, 2.05) is 10.6 Å². The van der Waals surface area contributed by atoms with Crippen molar-refractivity contribution in [3.63, 3.8) is 0 Å². The topological polar surface area (TPSA) is 24.1 Å². The number of hydrogen-bond donors (Lipinski definition) is 2. The summed E-state index contributed by atoms with van der Waals surface area (Å²) in [4.78, 5) is 0. The van der Waals surface area contributed by atoms with Crippen molar-refractivity contribution >= 4 is 0 Å². The summed E-state index contributed by atoms with van der Waals surface area (Å²) in [5.74, 6) is 0. The lowest BCUT2D eigenvalue weighted by atomic mass is 10.1. The molecule has 1 saturated heterocycles. The normalized spacial score (nSPS) is 30.4. The molecule has 0 aromatic heterocycles. The third kappa shape index (κ3) is 2.50. The van der Waals surface area contributed by atoms with Crippen LogP contribution in [-0.2, 0) is 0 Å². The second kappa shape index (κ2) is 3.58. The molecule has 0 aliphatic carbocycles. The molecule has 1 aliphatic rings. The minimum atomic E-state index is -4.90. The van der Waals surface area contributed by atoms with Crippen LogP contribution in [0.5, 0.6) is 0 Å². The Morgan fingerprint density at radius 1 is 0.714 bits per heavy atom. The van der Waals surface area contributed by atoms with E-state index in [9.17, 15) is 26.3 Å². The Bertz CT molecular complexity index is 175. The molecule has 0 saturated carbocycles. The zero-order valence-corrected chi connectivity index (χ0v) is 6.84. The van der Waals surface area contributed by atoms with E-state index < -0.39 is 24.4 Å². The predicted octanol–water partition coefficient (Wildman–Crippen LogP) is 1.04. The minimum Gasteiger partial charge on any atom is -0.303 e. The Morgan fingerprint density at radius 2 is 1.00 bits per heavy atom. The van der Waals surface area contributed by atoms with Crippen LogP contribution in [0.4, 0.5) is 26.3 Å². The third-order valence-electron chi connectivity index (χ3n) is 1.89. The van der Waals surface area contributed by atoms with Crippen molar-refractivity contribution in [3.8, 4) is 0 Å². The van der Waals surface area contributed by atoms with Crippen molar-refractivity contribution in [2.75, 3.05) is 13.1 Å². The molecule has 0 aromatic carbocycles. The molecule has 0 spiro atoms. The molecule has 0 radical (unpaired) electrons. The van der Waals surface area contributed by atoms with Crippen LogP contribution in [0.15, 0.2) is 0 Å². The maximum Gasteiger partial charge on any atom is 0.405 e. The molecule has 2 unspecified atom stereocenters. The van der Waals surface area contributed by atoms with E-state index in [2.05, 4.69) is 0 Å². The molecule has 2 nitrogen and oxygen atoms in total. The molecule has 2 atom stereocenters. The van der Waals surface area contributed by atoms with Crippen molar-refractivity contribution in [2.45, 2.75) is 24.4 Å². The quantitative estimate of drug-likeness (QED) is 0.598. The summed E-state index contributed by atoms with van der Waals surface area (Å²) >= 11 is 0. The van der Waals surface area contributed by atoms with Gasteiger partial charge in [0.25, 0.3) is 0 Å². The van der Waals surface area contributed by atoms with Crippen LogP contribution in [0, 0.1) is 0 Å². The molecule has 0 aromatic rings. The lowest BCUT2D eigenvalue weighted by Crippen LogP contribution is -2.66. The van der Waals surface area contributed by atoms with Gasteiger partial charge in [-0.1, -0.05) is 0 Å². The van der Waals surface area contributed by atoms with E-state index in [0.29, 0.717) is 0 Å². The van der Waals surface area contributed by atoms with Gasteiger partial charge in [-0.15, -0.1) is 0 Å². The number of alkyl halides is 6. The fraction of sp³-hybridized carbons (Fsp3) is 1.00. The Hall–Kier alpha value is -0.500. The summed E-state index contributed by atoms with van der Waals surface area (Å²) < 4.78 is 72.7. The van der Waals surface area contributed by atoms with Gasteiger partial charge in [0.05, 0.1) is 0 Å². The Labute approximate surface area is 75.7 Å². The smallest absolute Gasteiger partial charge is 0.303 e. The molecule has 0 bridgehead atoms. The first-order valence-electron chi connectivity index (χ1n) is 3.83. The van der Waals surface area contributed by atoms with E-state index >= 15 is 0 Å². The molecule has 1 fully saturated rings. The fourth-order valence-corrected chi connectivity index (χ4v) is 1.30. The average Bonchev–Trinajstić information content (AvgIpc) is 2.01. The molecule has 1 aliphatic heterocycles. The largest absolute Gasteiger partial charge is 0.405 e. The van der Waals surface area contributed by atoms with E-state index in [1.165, 1.54) is 0 Å². The van der Waals surface area contributed by atoms with Gasteiger partial charge >= 0.3 is 12.4 Å². The first kappa shape index (κ1) is 11.6. The minimum absolute atomic E-state index is 0.128. The molecule has 1 rings (SSSR count). The maximum atomic E-state index is 12.1. The van der Waals surface area contributed by atoms with Crippen LogP contribution >= 0.6 is 0 Å². The molecule has 8 heteroatoms. The predicted molar refractivity (Wildman–Crippen MR) is 35.7 cm³/mol. The maximum absolute atomic E-state index is 12.1. The van der Waals surface area contributed by atoms with Gasteiger partial charge in [-0.3, -0.25) is 0 Å². The van der Waals surface area contributed by atoms with Gasteiger partial charge in [-0.2, -0.15) is 26.3 Å². The van der Waals surface area contributed by atoms with Gasteiger partial charge in [0.15, 0.2) is 0 Å². The van der Waals surface area contributed by atoms with E-state index in [4.69, 9.17) is 0 Å². The Balaban J connectivity index is 2.80. The van der Waals surface area contributed by atoms with Crippen molar-refractivity contribution in [1.82, 2.24) is 10.6 Å². The fourth-order valence-electron chi connectivity index (χ4n) is 1.30. The van der Waals surface area contributed by atoms with Crippen LogP contribution < -0.4 is 10.6 Å². The van der Waals surface area contributed by atoms with Crippen molar-refractivity contribution < 1.29 is 26.3 Å². The zero-order chi connectivity index (χ0) is 11.0. The lowest BCUT2D eigenvalue weighted by Gasteiger charge is -2.35. The van der Waals surface area contributed by atoms with E-state index in [0.717, 1.165) is 0 Å². The summed E-state index contributed by atoms with van der Waals surface area (Å²) in [6, 6.07) is -5.12. The summed E-state index contributed by atoms with van der Waals surface area (Å²) in [6.45, 7) is -0.256. The highest BCUT2D eigenvalue weighted by atomic mass is 19.4. The number of halogens is 6. The second-order valence-electron chi connectivity index (χ2n) is 2.95. The van der Waals surface area contributed by atoms with Crippen LogP contribution in [0.1, 0.15) is 0 Å². The van der Waals surface area contributed by atoms with Crippen LogP contribution in [-0.4, -0.2) is 37.5 Å². The molecule has 84 valence electrons. The van der Waals surface area contributed by atoms with Crippen LogP contribution in [0.2, 0.25) is 0 Å². The number of hydrogen-bond acceptors (Lipinski definition) is 2. The Kier molecular flexibility index (Phi) is 2.96. The SMILES string of the molecule is FC(F)(F)C1NCCNC1C(F)(F)F. The summed E-state index contributed by atoms with van der Waals surface area (Å²) in [6.07, 6.45) is -9.79. The highest BCUT2D eigenvalue weighted by Gasteiger charge is 2.55. The van der Waals surface area contributed by atoms with Gasteiger partial charge in [-0.25, -0.2) is 0 Å². The van der Waals surface area contributed by atoms with E-state index in [-0.39, 0.29) is 13.1 Å². The highest BCUT2D eigenvalue weighted by Crippen LogP contribution is 2.31. The number of piperazine rings is 1. The monoisotopic (exact) mass is 222 g/mol. The van der Waals surface area contributed by atoms with Crippen molar-refractivity contribution in [1.29, 1.82) is 0 Å². The zero-order valence-electron chi connectivity index (χ0n) is 6.84. The second-order valence-corrected chi connectivity index (χ2v) is 2.95. The highest BCUT2D eigenvalue weighted by molar-refractivity contribution is 4.95. The third-order valence-corrected chi connectivity index (χ3v) is 1.89. The van der Waals surface area contributed by atoms with Crippen molar-refractivity contribution in [3.05, 3.63) is 0 Å².